The molecule has 0 aliphatic carbocycles. The van der Waals surface area contributed by atoms with Gasteiger partial charge in [-0.15, -0.1) is 0 Å². The maximum atomic E-state index is 10.7. The van der Waals surface area contributed by atoms with E-state index < -0.39 is 0 Å². The maximum Gasteiger partial charge on any atom is 0.231 e. The van der Waals surface area contributed by atoms with Crippen LogP contribution in [0, 0.1) is 0 Å². The van der Waals surface area contributed by atoms with Crippen LogP contribution in [0.15, 0.2) is 12.3 Å². The lowest BCUT2D eigenvalue weighted by molar-refractivity contribution is -0.126. The van der Waals surface area contributed by atoms with Crippen molar-refractivity contribution in [2.45, 2.75) is 20.3 Å². The number of Topliss-reactive ketones (excluding diaryl/α,β-unsaturated/α-hetero) is 1. The van der Waals surface area contributed by atoms with E-state index in [1.54, 1.807) is 6.92 Å². The van der Waals surface area contributed by atoms with Crippen LogP contribution in [0.1, 0.15) is 20.3 Å². The first-order valence-corrected chi connectivity index (χ1v) is 2.97. The van der Waals surface area contributed by atoms with Crippen molar-refractivity contribution in [2.75, 3.05) is 0 Å². The fourth-order valence-corrected chi connectivity index (χ4v) is 0.508. The van der Waals surface area contributed by atoms with Gasteiger partial charge in [-0.1, -0.05) is 6.58 Å². The predicted octanol–water partition coefficient (Wildman–Crippen LogP) is 0.615. The normalized spacial score (nSPS) is 8.60. The third-order valence-electron chi connectivity index (χ3n) is 0.762. The maximum absolute atomic E-state index is 10.7. The summed E-state index contributed by atoms with van der Waals surface area (Å²) in [6, 6.07) is 0. The van der Waals surface area contributed by atoms with E-state index in [0.29, 0.717) is 5.70 Å². The fraction of sp³-hybridized carbons (Fsp3) is 0.429. The zero-order chi connectivity index (χ0) is 8.15. The monoisotopic (exact) mass is 141 g/mol. The second-order valence-electron chi connectivity index (χ2n) is 2.21. The Kier molecular flexibility index (Phi) is 3.39. The molecule has 0 saturated heterocycles. The van der Waals surface area contributed by atoms with E-state index in [1.165, 1.54) is 6.92 Å². The Morgan fingerprint density at radius 3 is 2.20 bits per heavy atom. The number of carbonyl (C=O) groups is 2. The molecule has 3 nitrogen and oxygen atoms in total. The molecule has 0 atom stereocenters. The van der Waals surface area contributed by atoms with Gasteiger partial charge in [-0.25, -0.2) is 0 Å². The molecular weight excluding hydrogens is 130 g/mol. The summed E-state index contributed by atoms with van der Waals surface area (Å²) < 4.78 is 0. The number of hydrogen-bond donors (Lipinski definition) is 1. The van der Waals surface area contributed by atoms with Crippen molar-refractivity contribution in [3.05, 3.63) is 12.3 Å². The minimum absolute atomic E-state index is 0.0626. The second-order valence-corrected chi connectivity index (χ2v) is 2.21. The first-order valence-electron chi connectivity index (χ1n) is 2.97. The average Bonchev–Trinajstić information content (AvgIpc) is 1.58. The van der Waals surface area contributed by atoms with E-state index in [-0.39, 0.29) is 18.1 Å². The quantitative estimate of drug-likeness (QED) is 0.585. The van der Waals surface area contributed by atoms with Crippen LogP contribution in [0.4, 0.5) is 0 Å². The van der Waals surface area contributed by atoms with Crippen LogP contribution < -0.4 is 5.32 Å². The molecule has 0 aliphatic heterocycles. The SMILES string of the molecule is C=C(C)NC(=O)CC(C)=O. The van der Waals surface area contributed by atoms with E-state index in [9.17, 15) is 9.59 Å². The van der Waals surface area contributed by atoms with Crippen LogP contribution in [0.5, 0.6) is 0 Å². The highest BCUT2D eigenvalue weighted by atomic mass is 16.2. The standard InChI is InChI=1S/C7H11NO2/c1-5(2)8-7(10)4-6(3)9/h1,4H2,2-3H3,(H,8,10). The number of carbonyl (C=O) groups excluding carboxylic acids is 2. The molecular formula is C7H11NO2. The van der Waals surface area contributed by atoms with E-state index in [1.807, 2.05) is 0 Å². The molecule has 0 saturated carbocycles. The highest BCUT2D eigenvalue weighted by Gasteiger charge is 2.02. The molecule has 0 heterocycles. The topological polar surface area (TPSA) is 46.2 Å². The van der Waals surface area contributed by atoms with Gasteiger partial charge in [0, 0.05) is 5.70 Å². The van der Waals surface area contributed by atoms with E-state index >= 15 is 0 Å². The minimum Gasteiger partial charge on any atom is -0.330 e. The number of hydrogen-bond acceptors (Lipinski definition) is 2. The zero-order valence-electron chi connectivity index (χ0n) is 6.23. The fourth-order valence-electron chi connectivity index (χ4n) is 0.508. The van der Waals surface area contributed by atoms with Gasteiger partial charge in [0.2, 0.25) is 5.91 Å². The summed E-state index contributed by atoms with van der Waals surface area (Å²) >= 11 is 0. The molecule has 0 aromatic heterocycles. The Morgan fingerprint density at radius 2 is 1.90 bits per heavy atom. The summed E-state index contributed by atoms with van der Waals surface area (Å²) in [5.74, 6) is -0.432. The third kappa shape index (κ3) is 5.03. The van der Waals surface area contributed by atoms with Gasteiger partial charge in [0.25, 0.3) is 0 Å². The van der Waals surface area contributed by atoms with Crippen molar-refractivity contribution in [2.24, 2.45) is 0 Å². The third-order valence-corrected chi connectivity index (χ3v) is 0.762. The number of allylic oxidation sites excluding steroid dienone is 1. The van der Waals surface area contributed by atoms with Crippen molar-refractivity contribution in [1.29, 1.82) is 0 Å². The Morgan fingerprint density at radius 1 is 1.40 bits per heavy atom. The lowest BCUT2D eigenvalue weighted by atomic mass is 10.3. The molecule has 3 heteroatoms. The van der Waals surface area contributed by atoms with Gasteiger partial charge in [-0.2, -0.15) is 0 Å². The van der Waals surface area contributed by atoms with E-state index in [2.05, 4.69) is 11.9 Å². The molecule has 56 valence electrons. The van der Waals surface area contributed by atoms with E-state index in [4.69, 9.17) is 0 Å². The van der Waals surface area contributed by atoms with Crippen molar-refractivity contribution < 1.29 is 9.59 Å². The molecule has 0 radical (unpaired) electrons. The molecule has 1 N–H and O–H groups in total. The van der Waals surface area contributed by atoms with Gasteiger partial charge in [-0.05, 0) is 13.8 Å². The molecule has 0 aromatic rings. The number of ketones is 1. The Balaban J connectivity index is 3.65. The van der Waals surface area contributed by atoms with Crippen LogP contribution in [-0.2, 0) is 9.59 Å². The first-order chi connectivity index (χ1) is 4.52. The Bertz CT molecular complexity index is 154. The predicted molar refractivity (Wildman–Crippen MR) is 38.3 cm³/mol. The van der Waals surface area contributed by atoms with Crippen LogP contribution in [-0.4, -0.2) is 11.7 Å². The summed E-state index contributed by atoms with van der Waals surface area (Å²) in [4.78, 5) is 21.0. The molecule has 0 spiro atoms. The molecule has 0 rings (SSSR count). The molecule has 0 aromatic carbocycles. The summed E-state index contributed by atoms with van der Waals surface area (Å²) in [7, 11) is 0. The zero-order valence-corrected chi connectivity index (χ0v) is 6.23. The average molecular weight is 141 g/mol. The van der Waals surface area contributed by atoms with Crippen molar-refractivity contribution in [3.63, 3.8) is 0 Å². The van der Waals surface area contributed by atoms with Gasteiger partial charge in [0.15, 0.2) is 0 Å². The van der Waals surface area contributed by atoms with Crippen LogP contribution >= 0.6 is 0 Å². The highest BCUT2D eigenvalue weighted by molar-refractivity contribution is 5.97. The highest BCUT2D eigenvalue weighted by Crippen LogP contribution is 1.85. The number of amides is 1. The molecule has 0 bridgehead atoms. The number of rotatable bonds is 3. The van der Waals surface area contributed by atoms with Crippen molar-refractivity contribution in [3.8, 4) is 0 Å². The number of nitrogens with one attached hydrogen (secondary N) is 1. The van der Waals surface area contributed by atoms with Crippen LogP contribution in [0.3, 0.4) is 0 Å². The Labute approximate surface area is 60.1 Å². The summed E-state index contributed by atoms with van der Waals surface area (Å²) in [6.07, 6.45) is -0.0626. The molecule has 0 aliphatic rings. The first kappa shape index (κ1) is 8.88. The smallest absolute Gasteiger partial charge is 0.231 e. The van der Waals surface area contributed by atoms with E-state index in [0.717, 1.165) is 0 Å². The molecule has 1 amide bonds. The van der Waals surface area contributed by atoms with Crippen LogP contribution in [0.2, 0.25) is 0 Å². The molecule has 0 fully saturated rings. The minimum atomic E-state index is -0.292. The van der Waals surface area contributed by atoms with Crippen molar-refractivity contribution >= 4 is 11.7 Å². The lowest BCUT2D eigenvalue weighted by Crippen LogP contribution is -2.22. The summed E-state index contributed by atoms with van der Waals surface area (Å²) in [5.41, 5.74) is 0.561. The van der Waals surface area contributed by atoms with Gasteiger partial charge in [-0.3, -0.25) is 9.59 Å². The summed E-state index contributed by atoms with van der Waals surface area (Å²) in [6.45, 7) is 6.50. The van der Waals surface area contributed by atoms with Gasteiger partial charge in [0.05, 0.1) is 6.42 Å². The molecule has 0 unspecified atom stereocenters. The summed E-state index contributed by atoms with van der Waals surface area (Å²) in [5, 5.41) is 2.42. The van der Waals surface area contributed by atoms with Gasteiger partial charge < -0.3 is 5.32 Å². The largest absolute Gasteiger partial charge is 0.330 e. The Hall–Kier alpha value is -1.12. The second kappa shape index (κ2) is 3.82. The van der Waals surface area contributed by atoms with Gasteiger partial charge in [0.1, 0.15) is 5.78 Å². The van der Waals surface area contributed by atoms with Gasteiger partial charge >= 0.3 is 0 Å². The lowest BCUT2D eigenvalue weighted by Gasteiger charge is -1.99. The van der Waals surface area contributed by atoms with Crippen molar-refractivity contribution in [1.82, 2.24) is 5.32 Å². The molecule has 10 heavy (non-hydrogen) atoms. The van der Waals surface area contributed by atoms with Crippen LogP contribution in [0.25, 0.3) is 0 Å².